The average Bonchev–Trinajstić information content (AvgIpc) is 2.87. The molecule has 1 fully saturated rings. The van der Waals surface area contributed by atoms with E-state index in [9.17, 15) is 9.59 Å². The number of carbonyl (C=O) groups is 2. The highest BCUT2D eigenvalue weighted by Crippen LogP contribution is 2.05. The number of hydrogen-bond acceptors (Lipinski definition) is 4. The molecule has 1 atom stereocenters. The Morgan fingerprint density at radius 3 is 2.63 bits per heavy atom. The molecule has 0 aliphatic carbocycles. The molecule has 6 nitrogen and oxygen atoms in total. The van der Waals surface area contributed by atoms with E-state index in [0.29, 0.717) is 18.7 Å². The highest BCUT2D eigenvalue weighted by atomic mass is 32.2. The van der Waals surface area contributed by atoms with E-state index in [4.69, 9.17) is 5.11 Å². The molecule has 1 heterocycles. The highest BCUT2D eigenvalue weighted by molar-refractivity contribution is 7.98. The van der Waals surface area contributed by atoms with Gasteiger partial charge in [0, 0.05) is 13.1 Å². The molecular weight excluding hydrogens is 266 g/mol. The number of carbonyl (C=O) groups excluding carboxylic acids is 1. The van der Waals surface area contributed by atoms with Gasteiger partial charge in [0.2, 0.25) is 0 Å². The lowest BCUT2D eigenvalue weighted by atomic mass is 10.2. The molecule has 7 heteroatoms. The molecule has 1 rings (SSSR count). The van der Waals surface area contributed by atoms with E-state index in [0.717, 1.165) is 19.6 Å². The van der Waals surface area contributed by atoms with Crippen LogP contribution in [0.3, 0.4) is 0 Å². The smallest absolute Gasteiger partial charge is 0.326 e. The van der Waals surface area contributed by atoms with E-state index >= 15 is 0 Å². The van der Waals surface area contributed by atoms with Crippen LogP contribution in [0.5, 0.6) is 0 Å². The van der Waals surface area contributed by atoms with Crippen LogP contribution in [0.25, 0.3) is 0 Å². The van der Waals surface area contributed by atoms with Crippen molar-refractivity contribution in [3.63, 3.8) is 0 Å². The van der Waals surface area contributed by atoms with Crippen LogP contribution in [0.15, 0.2) is 0 Å². The van der Waals surface area contributed by atoms with E-state index in [1.54, 1.807) is 11.8 Å². The summed E-state index contributed by atoms with van der Waals surface area (Å²) in [6.07, 6.45) is 4.80. The van der Waals surface area contributed by atoms with E-state index in [2.05, 4.69) is 15.5 Å². The van der Waals surface area contributed by atoms with Crippen molar-refractivity contribution in [1.29, 1.82) is 0 Å². The van der Waals surface area contributed by atoms with Gasteiger partial charge in [-0.2, -0.15) is 11.8 Å². The highest BCUT2D eigenvalue weighted by Gasteiger charge is 2.19. The van der Waals surface area contributed by atoms with Crippen molar-refractivity contribution in [2.24, 2.45) is 0 Å². The monoisotopic (exact) mass is 289 g/mol. The molecule has 0 saturated carbocycles. The maximum Gasteiger partial charge on any atom is 0.326 e. The fraction of sp³-hybridized carbons (Fsp3) is 0.833. The zero-order valence-corrected chi connectivity index (χ0v) is 12.2. The minimum atomic E-state index is -0.983. The van der Waals surface area contributed by atoms with Gasteiger partial charge in [-0.25, -0.2) is 9.59 Å². The minimum Gasteiger partial charge on any atom is -0.480 e. The Kier molecular flexibility index (Phi) is 7.66. The number of urea groups is 1. The molecule has 0 spiro atoms. The molecule has 1 aliphatic heterocycles. The molecule has 3 N–H and O–H groups in total. The molecule has 19 heavy (non-hydrogen) atoms. The first kappa shape index (κ1) is 16.1. The summed E-state index contributed by atoms with van der Waals surface area (Å²) in [5.41, 5.74) is 0. The lowest BCUT2D eigenvalue weighted by Crippen LogP contribution is -2.47. The van der Waals surface area contributed by atoms with E-state index in [1.165, 1.54) is 12.8 Å². The third-order valence-corrected chi connectivity index (χ3v) is 3.77. The Morgan fingerprint density at radius 2 is 2.05 bits per heavy atom. The number of aliphatic carboxylic acids is 1. The number of hydrogen-bond donors (Lipinski definition) is 3. The molecule has 2 amide bonds. The number of nitrogens with zero attached hydrogens (tertiary/aromatic N) is 1. The summed E-state index contributed by atoms with van der Waals surface area (Å²) < 4.78 is 0. The number of likely N-dealkylation sites (tertiary alicyclic amines) is 1. The summed E-state index contributed by atoms with van der Waals surface area (Å²) >= 11 is 1.57. The normalized spacial score (nSPS) is 17.1. The molecule has 0 aromatic heterocycles. The van der Waals surface area contributed by atoms with Crippen molar-refractivity contribution in [2.75, 3.05) is 38.2 Å². The summed E-state index contributed by atoms with van der Waals surface area (Å²) in [7, 11) is 0. The van der Waals surface area contributed by atoms with Gasteiger partial charge in [0.25, 0.3) is 0 Å². The first-order chi connectivity index (χ1) is 9.13. The van der Waals surface area contributed by atoms with Crippen molar-refractivity contribution in [2.45, 2.75) is 25.3 Å². The largest absolute Gasteiger partial charge is 0.480 e. The molecule has 0 unspecified atom stereocenters. The van der Waals surface area contributed by atoms with Crippen LogP contribution in [0.1, 0.15) is 19.3 Å². The van der Waals surface area contributed by atoms with Crippen LogP contribution < -0.4 is 10.6 Å². The summed E-state index contributed by atoms with van der Waals surface area (Å²) in [5, 5.41) is 14.2. The number of carboxylic acids is 1. The summed E-state index contributed by atoms with van der Waals surface area (Å²) in [6, 6.07) is -1.20. The van der Waals surface area contributed by atoms with E-state index < -0.39 is 18.0 Å². The Balaban J connectivity index is 2.17. The maximum absolute atomic E-state index is 11.6. The predicted molar refractivity (Wildman–Crippen MR) is 76.6 cm³/mol. The third kappa shape index (κ3) is 6.68. The fourth-order valence-electron chi connectivity index (χ4n) is 2.04. The zero-order chi connectivity index (χ0) is 14.1. The number of rotatable bonds is 8. The van der Waals surface area contributed by atoms with Gasteiger partial charge in [-0.1, -0.05) is 0 Å². The number of carboxylic acid groups (broad SMARTS) is 1. The van der Waals surface area contributed by atoms with Crippen molar-refractivity contribution in [3.05, 3.63) is 0 Å². The fourth-order valence-corrected chi connectivity index (χ4v) is 2.51. The van der Waals surface area contributed by atoms with Crippen LogP contribution in [-0.4, -0.2) is 66.2 Å². The Labute approximate surface area is 118 Å². The number of amides is 2. The van der Waals surface area contributed by atoms with Gasteiger partial charge in [0.1, 0.15) is 6.04 Å². The van der Waals surface area contributed by atoms with Crippen LogP contribution in [0.2, 0.25) is 0 Å². The van der Waals surface area contributed by atoms with Gasteiger partial charge >= 0.3 is 12.0 Å². The minimum absolute atomic E-state index is 0.396. The first-order valence-corrected chi connectivity index (χ1v) is 8.01. The molecule has 0 radical (unpaired) electrons. The number of thioether (sulfide) groups is 1. The summed E-state index contributed by atoms with van der Waals surface area (Å²) in [4.78, 5) is 24.8. The van der Waals surface area contributed by atoms with Gasteiger partial charge in [-0.15, -0.1) is 0 Å². The lowest BCUT2D eigenvalue weighted by Gasteiger charge is -2.17. The van der Waals surface area contributed by atoms with Gasteiger partial charge in [-0.3, -0.25) is 0 Å². The molecule has 1 aliphatic rings. The second-order valence-corrected chi connectivity index (χ2v) is 5.61. The predicted octanol–water partition coefficient (Wildman–Crippen LogP) is 0.588. The molecule has 1 saturated heterocycles. The topological polar surface area (TPSA) is 81.7 Å². The van der Waals surface area contributed by atoms with Gasteiger partial charge < -0.3 is 20.6 Å². The van der Waals surface area contributed by atoms with E-state index in [1.807, 2.05) is 6.26 Å². The standard InChI is InChI=1S/C12H23N3O3S/c1-19-9-4-10(11(16)17)14-12(18)13-5-8-15-6-2-3-7-15/h10H,2-9H2,1H3,(H,16,17)(H2,13,14,18)/t10-/m1/s1. The summed E-state index contributed by atoms with van der Waals surface area (Å²) in [6.45, 7) is 3.57. The van der Waals surface area contributed by atoms with E-state index in [-0.39, 0.29) is 0 Å². The van der Waals surface area contributed by atoms with Crippen LogP contribution in [0.4, 0.5) is 4.79 Å². The zero-order valence-electron chi connectivity index (χ0n) is 11.4. The molecule has 0 aromatic carbocycles. The number of nitrogens with one attached hydrogen (secondary N) is 2. The SMILES string of the molecule is CSCC[C@@H](NC(=O)NCCN1CCCC1)C(=O)O. The van der Waals surface area contributed by atoms with Crippen molar-refractivity contribution < 1.29 is 14.7 Å². The Hall–Kier alpha value is -0.950. The van der Waals surface area contributed by atoms with Gasteiger partial charge in [0.05, 0.1) is 0 Å². The quantitative estimate of drug-likeness (QED) is 0.609. The Bertz CT molecular complexity index is 296. The van der Waals surface area contributed by atoms with Crippen molar-refractivity contribution >= 4 is 23.8 Å². The second-order valence-electron chi connectivity index (χ2n) is 4.62. The third-order valence-electron chi connectivity index (χ3n) is 3.13. The van der Waals surface area contributed by atoms with Crippen molar-refractivity contribution in [1.82, 2.24) is 15.5 Å². The first-order valence-electron chi connectivity index (χ1n) is 6.62. The molecule has 0 aromatic rings. The second kappa shape index (κ2) is 9.03. The molecular formula is C12H23N3O3S. The average molecular weight is 289 g/mol. The van der Waals surface area contributed by atoms with Gasteiger partial charge in [-0.05, 0) is 44.4 Å². The van der Waals surface area contributed by atoms with Crippen LogP contribution in [-0.2, 0) is 4.79 Å². The van der Waals surface area contributed by atoms with Crippen LogP contribution in [0, 0.1) is 0 Å². The van der Waals surface area contributed by atoms with Crippen LogP contribution >= 0.6 is 11.8 Å². The van der Waals surface area contributed by atoms with Gasteiger partial charge in [0.15, 0.2) is 0 Å². The maximum atomic E-state index is 11.6. The van der Waals surface area contributed by atoms with Crippen molar-refractivity contribution in [3.8, 4) is 0 Å². The Morgan fingerprint density at radius 1 is 1.37 bits per heavy atom. The molecule has 0 bridgehead atoms. The summed E-state index contributed by atoms with van der Waals surface area (Å²) in [5.74, 6) is -0.269. The lowest BCUT2D eigenvalue weighted by molar-refractivity contribution is -0.139. The molecule has 110 valence electrons.